The Bertz CT molecular complexity index is 413. The molecule has 0 aliphatic heterocycles. The minimum atomic E-state index is -0.369. The highest BCUT2D eigenvalue weighted by atomic mass is 79.9. The van der Waals surface area contributed by atoms with E-state index in [9.17, 15) is 4.79 Å². The molecule has 1 rings (SSSR count). The van der Waals surface area contributed by atoms with Gasteiger partial charge in [0.25, 0.3) is 0 Å². The standard InChI is InChI=1S/C11H10BrClO2/c1-7(5-11(14)15-2)8-3-4-9(12)10(13)6-8/h3-6H,1-2H3/b7-5-. The van der Waals surface area contributed by atoms with Gasteiger partial charge in [-0.3, -0.25) is 0 Å². The van der Waals surface area contributed by atoms with Gasteiger partial charge in [0, 0.05) is 10.5 Å². The number of rotatable bonds is 2. The van der Waals surface area contributed by atoms with Crippen LogP contribution in [0, 0.1) is 0 Å². The number of hydrogen-bond donors (Lipinski definition) is 0. The highest BCUT2D eigenvalue weighted by molar-refractivity contribution is 9.10. The van der Waals surface area contributed by atoms with E-state index in [-0.39, 0.29) is 5.97 Å². The minimum Gasteiger partial charge on any atom is -0.466 e. The molecule has 0 atom stereocenters. The van der Waals surface area contributed by atoms with Gasteiger partial charge in [0.15, 0.2) is 0 Å². The molecule has 0 saturated carbocycles. The number of halogens is 2. The molecule has 0 aliphatic rings. The second kappa shape index (κ2) is 5.33. The number of carbonyl (C=O) groups excluding carboxylic acids is 1. The maximum Gasteiger partial charge on any atom is 0.330 e. The molecule has 0 radical (unpaired) electrons. The van der Waals surface area contributed by atoms with Crippen molar-refractivity contribution in [1.82, 2.24) is 0 Å². The molecule has 0 aliphatic carbocycles. The van der Waals surface area contributed by atoms with Gasteiger partial charge in [-0.2, -0.15) is 0 Å². The second-order valence-electron chi connectivity index (χ2n) is 2.98. The summed E-state index contributed by atoms with van der Waals surface area (Å²) >= 11 is 9.24. The van der Waals surface area contributed by atoms with Crippen molar-refractivity contribution in [1.29, 1.82) is 0 Å². The average Bonchev–Trinajstić information content (AvgIpc) is 2.21. The molecule has 80 valence electrons. The molecule has 0 heterocycles. The van der Waals surface area contributed by atoms with E-state index in [1.807, 2.05) is 19.1 Å². The van der Waals surface area contributed by atoms with Crippen LogP contribution in [0.25, 0.3) is 5.57 Å². The Morgan fingerprint density at radius 1 is 1.53 bits per heavy atom. The summed E-state index contributed by atoms with van der Waals surface area (Å²) in [6.07, 6.45) is 1.43. The Kier molecular flexibility index (Phi) is 4.36. The quantitative estimate of drug-likeness (QED) is 0.613. The topological polar surface area (TPSA) is 26.3 Å². The molecule has 0 saturated heterocycles. The Morgan fingerprint density at radius 2 is 2.20 bits per heavy atom. The number of hydrogen-bond acceptors (Lipinski definition) is 2. The summed E-state index contributed by atoms with van der Waals surface area (Å²) in [5, 5.41) is 0.616. The van der Waals surface area contributed by atoms with Crippen LogP contribution in [-0.4, -0.2) is 13.1 Å². The van der Waals surface area contributed by atoms with E-state index in [0.29, 0.717) is 5.02 Å². The van der Waals surface area contributed by atoms with Gasteiger partial charge in [-0.1, -0.05) is 17.7 Å². The number of benzene rings is 1. The molecule has 4 heteroatoms. The third-order valence-electron chi connectivity index (χ3n) is 1.91. The third-order valence-corrected chi connectivity index (χ3v) is 3.14. The lowest BCUT2D eigenvalue weighted by molar-refractivity contribution is -0.134. The Labute approximate surface area is 102 Å². The highest BCUT2D eigenvalue weighted by Gasteiger charge is 2.02. The number of methoxy groups -OCH3 is 1. The van der Waals surface area contributed by atoms with Crippen LogP contribution in [0.2, 0.25) is 5.02 Å². The lowest BCUT2D eigenvalue weighted by Gasteiger charge is -2.03. The summed E-state index contributed by atoms with van der Waals surface area (Å²) in [4.78, 5) is 11.0. The van der Waals surface area contributed by atoms with Gasteiger partial charge in [-0.05, 0) is 46.1 Å². The summed E-state index contributed by atoms with van der Waals surface area (Å²) in [5.74, 6) is -0.369. The van der Waals surface area contributed by atoms with Crippen molar-refractivity contribution in [2.75, 3.05) is 7.11 Å². The first kappa shape index (κ1) is 12.3. The zero-order valence-corrected chi connectivity index (χ0v) is 10.7. The van der Waals surface area contributed by atoms with E-state index in [1.54, 1.807) is 6.07 Å². The zero-order chi connectivity index (χ0) is 11.4. The van der Waals surface area contributed by atoms with Gasteiger partial charge in [0.1, 0.15) is 0 Å². The van der Waals surface area contributed by atoms with E-state index in [2.05, 4.69) is 20.7 Å². The summed E-state index contributed by atoms with van der Waals surface area (Å²) in [6, 6.07) is 5.51. The number of ether oxygens (including phenoxy) is 1. The smallest absolute Gasteiger partial charge is 0.330 e. The van der Waals surface area contributed by atoms with Crippen LogP contribution >= 0.6 is 27.5 Å². The van der Waals surface area contributed by atoms with Gasteiger partial charge >= 0.3 is 5.97 Å². The van der Waals surface area contributed by atoms with Crippen LogP contribution in [0.4, 0.5) is 0 Å². The molecule has 1 aromatic carbocycles. The van der Waals surface area contributed by atoms with Crippen molar-refractivity contribution >= 4 is 39.1 Å². The van der Waals surface area contributed by atoms with E-state index >= 15 is 0 Å². The molecule has 0 bridgehead atoms. The molecule has 0 fully saturated rings. The molecule has 0 unspecified atom stereocenters. The molecule has 1 aromatic rings. The van der Waals surface area contributed by atoms with E-state index in [0.717, 1.165) is 15.6 Å². The summed E-state index contributed by atoms with van der Waals surface area (Å²) in [7, 11) is 1.35. The minimum absolute atomic E-state index is 0.369. The van der Waals surface area contributed by atoms with Crippen molar-refractivity contribution in [2.45, 2.75) is 6.92 Å². The molecule has 0 N–H and O–H groups in total. The molecule has 0 amide bonds. The molecule has 15 heavy (non-hydrogen) atoms. The Morgan fingerprint density at radius 3 is 2.73 bits per heavy atom. The second-order valence-corrected chi connectivity index (χ2v) is 4.24. The van der Waals surface area contributed by atoms with Gasteiger partial charge in [0.2, 0.25) is 0 Å². The van der Waals surface area contributed by atoms with Gasteiger partial charge < -0.3 is 4.74 Å². The summed E-state index contributed by atoms with van der Waals surface area (Å²) in [5.41, 5.74) is 1.71. The van der Waals surface area contributed by atoms with Gasteiger partial charge in [-0.15, -0.1) is 0 Å². The number of carbonyl (C=O) groups is 1. The largest absolute Gasteiger partial charge is 0.466 e. The summed E-state index contributed by atoms with van der Waals surface area (Å²) in [6.45, 7) is 1.83. The predicted molar refractivity (Wildman–Crippen MR) is 64.8 cm³/mol. The zero-order valence-electron chi connectivity index (χ0n) is 8.38. The molecule has 0 aromatic heterocycles. The normalized spacial score (nSPS) is 11.3. The van der Waals surface area contributed by atoms with Crippen molar-refractivity contribution in [3.63, 3.8) is 0 Å². The van der Waals surface area contributed by atoms with Crippen LogP contribution in [-0.2, 0) is 9.53 Å². The molecule has 2 nitrogen and oxygen atoms in total. The van der Waals surface area contributed by atoms with Crippen LogP contribution in [0.5, 0.6) is 0 Å². The number of allylic oxidation sites excluding steroid dienone is 1. The highest BCUT2D eigenvalue weighted by Crippen LogP contribution is 2.26. The third kappa shape index (κ3) is 3.36. The molecule has 0 spiro atoms. The fourth-order valence-corrected chi connectivity index (χ4v) is 1.49. The first-order valence-corrected chi connectivity index (χ1v) is 5.43. The van der Waals surface area contributed by atoms with E-state index < -0.39 is 0 Å². The van der Waals surface area contributed by atoms with Gasteiger partial charge in [0.05, 0.1) is 12.1 Å². The molecular formula is C11H10BrClO2. The van der Waals surface area contributed by atoms with Crippen molar-refractivity contribution in [3.8, 4) is 0 Å². The summed E-state index contributed by atoms with van der Waals surface area (Å²) < 4.78 is 5.37. The fourth-order valence-electron chi connectivity index (χ4n) is 1.06. The molecular weight excluding hydrogens is 279 g/mol. The van der Waals surface area contributed by atoms with Crippen LogP contribution in [0.3, 0.4) is 0 Å². The van der Waals surface area contributed by atoms with Crippen LogP contribution in [0.15, 0.2) is 28.7 Å². The first-order valence-electron chi connectivity index (χ1n) is 4.26. The van der Waals surface area contributed by atoms with Crippen molar-refractivity contribution < 1.29 is 9.53 Å². The predicted octanol–water partition coefficient (Wildman–Crippen LogP) is 3.68. The van der Waals surface area contributed by atoms with E-state index in [4.69, 9.17) is 11.6 Å². The lowest BCUT2D eigenvalue weighted by atomic mass is 10.1. The van der Waals surface area contributed by atoms with Gasteiger partial charge in [-0.25, -0.2) is 4.79 Å². The van der Waals surface area contributed by atoms with Crippen molar-refractivity contribution in [2.24, 2.45) is 0 Å². The monoisotopic (exact) mass is 288 g/mol. The van der Waals surface area contributed by atoms with Crippen LogP contribution < -0.4 is 0 Å². The average molecular weight is 290 g/mol. The van der Waals surface area contributed by atoms with Crippen molar-refractivity contribution in [3.05, 3.63) is 39.3 Å². The fraction of sp³-hybridized carbons (Fsp3) is 0.182. The first-order chi connectivity index (χ1) is 7.04. The number of esters is 1. The lowest BCUT2D eigenvalue weighted by Crippen LogP contribution is -1.95. The SMILES string of the molecule is COC(=O)/C=C(/C)c1ccc(Br)c(Cl)c1. The maximum atomic E-state index is 11.0. The Balaban J connectivity index is 3.01. The Hall–Kier alpha value is -0.800. The van der Waals surface area contributed by atoms with Crippen LogP contribution in [0.1, 0.15) is 12.5 Å². The van der Waals surface area contributed by atoms with E-state index in [1.165, 1.54) is 13.2 Å². The maximum absolute atomic E-state index is 11.0.